The largest absolute Gasteiger partial charge is 0.460 e. The van der Waals surface area contributed by atoms with Gasteiger partial charge in [-0.25, -0.2) is 9.80 Å². The minimum Gasteiger partial charge on any atom is -0.460 e. The molecule has 1 saturated carbocycles. The fraction of sp³-hybridized carbons (Fsp3) is 0.609. The zero-order valence-electron chi connectivity index (χ0n) is 18.7. The number of carbonyl (C=O) groups is 3. The molecule has 2 aliphatic rings. The third-order valence-electron chi connectivity index (χ3n) is 6.35. The van der Waals surface area contributed by atoms with Crippen LogP contribution in [0.1, 0.15) is 58.4 Å². The molecule has 0 bridgehead atoms. The van der Waals surface area contributed by atoms with Crippen LogP contribution in [0.25, 0.3) is 0 Å². The van der Waals surface area contributed by atoms with Crippen LogP contribution in [-0.4, -0.2) is 52.2 Å². The molecule has 0 spiro atoms. The molecule has 8 heteroatoms. The van der Waals surface area contributed by atoms with E-state index >= 15 is 0 Å². The summed E-state index contributed by atoms with van der Waals surface area (Å²) in [5, 5.41) is 12.7. The number of likely N-dealkylation sites (N-methyl/N-ethyl adjacent to an activating group) is 1. The van der Waals surface area contributed by atoms with Gasteiger partial charge in [-0.1, -0.05) is 26.0 Å². The Balaban J connectivity index is 2.09. The van der Waals surface area contributed by atoms with Crippen LogP contribution in [0.3, 0.4) is 0 Å². The first-order chi connectivity index (χ1) is 14.6. The molecular formula is C23H33N3O5. The molecule has 1 aromatic rings. The molecule has 0 aromatic heterocycles. The van der Waals surface area contributed by atoms with Gasteiger partial charge >= 0.3 is 5.97 Å². The maximum Gasteiger partial charge on any atom is 0.338 e. The fourth-order valence-electron chi connectivity index (χ4n) is 4.60. The van der Waals surface area contributed by atoms with Crippen LogP contribution in [0.5, 0.6) is 0 Å². The highest BCUT2D eigenvalue weighted by atomic mass is 16.5. The van der Waals surface area contributed by atoms with Crippen molar-refractivity contribution in [3.8, 4) is 0 Å². The van der Waals surface area contributed by atoms with Gasteiger partial charge in [-0.3, -0.25) is 14.6 Å². The van der Waals surface area contributed by atoms with Crippen LogP contribution in [0.4, 0.5) is 5.69 Å². The number of esters is 1. The Kier molecular flexibility index (Phi) is 6.59. The predicted molar refractivity (Wildman–Crippen MR) is 115 cm³/mol. The van der Waals surface area contributed by atoms with E-state index in [2.05, 4.69) is 0 Å². The molecule has 2 amide bonds. The average molecular weight is 432 g/mol. The Hall–Kier alpha value is -2.61. The molecule has 3 atom stereocenters. The summed E-state index contributed by atoms with van der Waals surface area (Å²) < 4.78 is 5.82. The number of hydrogen-bond acceptors (Lipinski definition) is 6. The SMILES string of the molecule is CC(C)CC1C(=O)N(C(C)(C(=O)OC2CCCC2)c2cccc(N)c2)N(C)C(=O)C1O. The monoisotopic (exact) mass is 431 g/mol. The van der Waals surface area contributed by atoms with E-state index in [9.17, 15) is 19.5 Å². The Labute approximate surface area is 183 Å². The Bertz CT molecular complexity index is 851. The van der Waals surface area contributed by atoms with E-state index in [0.717, 1.165) is 35.7 Å². The number of benzene rings is 1. The van der Waals surface area contributed by atoms with E-state index in [-0.39, 0.29) is 12.0 Å². The molecule has 3 N–H and O–H groups in total. The van der Waals surface area contributed by atoms with Crippen LogP contribution in [-0.2, 0) is 24.7 Å². The maximum absolute atomic E-state index is 13.6. The fourth-order valence-corrected chi connectivity index (χ4v) is 4.60. The number of aliphatic hydroxyl groups excluding tert-OH is 1. The maximum atomic E-state index is 13.6. The van der Waals surface area contributed by atoms with E-state index in [0.29, 0.717) is 17.7 Å². The van der Waals surface area contributed by atoms with Gasteiger partial charge in [0.15, 0.2) is 5.54 Å². The van der Waals surface area contributed by atoms with Gasteiger partial charge in [0.05, 0.1) is 5.92 Å². The summed E-state index contributed by atoms with van der Waals surface area (Å²) in [7, 11) is 1.39. The minimum absolute atomic E-state index is 0.0747. The number of anilines is 1. The number of aliphatic hydroxyl groups is 1. The zero-order valence-corrected chi connectivity index (χ0v) is 18.7. The third kappa shape index (κ3) is 4.26. The van der Waals surface area contributed by atoms with Gasteiger partial charge in [-0.2, -0.15) is 0 Å². The predicted octanol–water partition coefficient (Wildman–Crippen LogP) is 2.21. The topological polar surface area (TPSA) is 113 Å². The second-order valence-corrected chi connectivity index (χ2v) is 9.20. The zero-order chi connectivity index (χ0) is 22.9. The highest BCUT2D eigenvalue weighted by molar-refractivity contribution is 5.98. The Morgan fingerprint density at radius 3 is 2.48 bits per heavy atom. The van der Waals surface area contributed by atoms with Gasteiger partial charge in [0.2, 0.25) is 5.91 Å². The van der Waals surface area contributed by atoms with Crippen molar-refractivity contribution in [3.05, 3.63) is 29.8 Å². The standard InChI is InChI=1S/C23H33N3O5/c1-14(2)12-18-19(27)21(29)25(4)26(20(18)28)23(3,15-8-7-9-16(24)13-15)22(30)31-17-10-5-6-11-17/h7-9,13-14,17-19,27H,5-6,10-12,24H2,1-4H3. The lowest BCUT2D eigenvalue weighted by Crippen LogP contribution is -2.69. The van der Waals surface area contributed by atoms with Crippen LogP contribution < -0.4 is 5.73 Å². The summed E-state index contributed by atoms with van der Waals surface area (Å²) in [4.78, 5) is 40.1. The molecule has 170 valence electrons. The summed E-state index contributed by atoms with van der Waals surface area (Å²) in [6.45, 7) is 5.40. The smallest absolute Gasteiger partial charge is 0.338 e. The number of nitrogens with two attached hydrogens (primary N) is 1. The van der Waals surface area contributed by atoms with Gasteiger partial charge in [0, 0.05) is 12.7 Å². The molecule has 0 radical (unpaired) electrons. The lowest BCUT2D eigenvalue weighted by atomic mass is 9.84. The van der Waals surface area contributed by atoms with Crippen LogP contribution >= 0.6 is 0 Å². The Morgan fingerprint density at radius 2 is 1.90 bits per heavy atom. The Morgan fingerprint density at radius 1 is 1.26 bits per heavy atom. The number of hydrogen-bond donors (Lipinski definition) is 2. The number of carbonyl (C=O) groups excluding carboxylic acids is 3. The van der Waals surface area contributed by atoms with Crippen molar-refractivity contribution in [2.75, 3.05) is 12.8 Å². The second kappa shape index (κ2) is 8.86. The summed E-state index contributed by atoms with van der Waals surface area (Å²) in [6, 6.07) is 6.69. The van der Waals surface area contributed by atoms with Crippen LogP contribution in [0, 0.1) is 11.8 Å². The third-order valence-corrected chi connectivity index (χ3v) is 6.35. The van der Waals surface area contributed by atoms with Crippen molar-refractivity contribution < 1.29 is 24.2 Å². The number of ether oxygens (including phenoxy) is 1. The number of nitrogens with zero attached hydrogens (tertiary/aromatic N) is 2. The van der Waals surface area contributed by atoms with E-state index < -0.39 is 35.3 Å². The van der Waals surface area contributed by atoms with Crippen molar-refractivity contribution in [1.29, 1.82) is 0 Å². The first kappa shape index (κ1) is 23.1. The summed E-state index contributed by atoms with van der Waals surface area (Å²) in [6.07, 6.45) is 2.17. The highest BCUT2D eigenvalue weighted by Gasteiger charge is 2.55. The molecule has 8 nitrogen and oxygen atoms in total. The summed E-state index contributed by atoms with van der Waals surface area (Å²) in [5.41, 5.74) is 5.24. The van der Waals surface area contributed by atoms with Gasteiger partial charge in [0.25, 0.3) is 5.91 Å². The first-order valence-electron chi connectivity index (χ1n) is 10.9. The average Bonchev–Trinajstić information content (AvgIpc) is 3.22. The number of hydrazine groups is 1. The number of rotatable bonds is 6. The van der Waals surface area contributed by atoms with Crippen LogP contribution in [0.15, 0.2) is 24.3 Å². The second-order valence-electron chi connectivity index (χ2n) is 9.20. The lowest BCUT2D eigenvalue weighted by molar-refractivity contribution is -0.208. The number of amides is 2. The van der Waals surface area contributed by atoms with E-state index in [1.54, 1.807) is 31.2 Å². The van der Waals surface area contributed by atoms with Crippen molar-refractivity contribution in [2.24, 2.45) is 11.8 Å². The molecule has 1 aliphatic carbocycles. The van der Waals surface area contributed by atoms with E-state index in [1.807, 2.05) is 13.8 Å². The molecule has 1 aromatic carbocycles. The quantitative estimate of drug-likeness (QED) is 0.527. The molecule has 2 fully saturated rings. The molecule has 1 saturated heterocycles. The van der Waals surface area contributed by atoms with E-state index in [4.69, 9.17) is 10.5 Å². The van der Waals surface area contributed by atoms with Gasteiger partial charge < -0.3 is 15.6 Å². The normalized spacial score (nSPS) is 24.6. The van der Waals surface area contributed by atoms with Crippen LogP contribution in [0.2, 0.25) is 0 Å². The molecule has 1 heterocycles. The van der Waals surface area contributed by atoms with E-state index in [1.165, 1.54) is 7.05 Å². The molecule has 3 unspecified atom stereocenters. The van der Waals surface area contributed by atoms with Gasteiger partial charge in [-0.05, 0) is 62.6 Å². The van der Waals surface area contributed by atoms with Crippen molar-refractivity contribution in [1.82, 2.24) is 10.0 Å². The van der Waals surface area contributed by atoms with Gasteiger partial charge in [-0.15, -0.1) is 0 Å². The van der Waals surface area contributed by atoms with Crippen molar-refractivity contribution >= 4 is 23.5 Å². The first-order valence-corrected chi connectivity index (χ1v) is 10.9. The molecule has 3 rings (SSSR count). The number of nitrogen functional groups attached to an aromatic ring is 1. The minimum atomic E-state index is -1.62. The van der Waals surface area contributed by atoms with Gasteiger partial charge in [0.1, 0.15) is 12.2 Å². The van der Waals surface area contributed by atoms with Crippen molar-refractivity contribution in [3.63, 3.8) is 0 Å². The lowest BCUT2D eigenvalue weighted by Gasteiger charge is -2.49. The molecule has 1 aliphatic heterocycles. The van der Waals surface area contributed by atoms with Crippen molar-refractivity contribution in [2.45, 2.75) is 70.6 Å². The highest BCUT2D eigenvalue weighted by Crippen LogP contribution is 2.38. The summed E-state index contributed by atoms with van der Waals surface area (Å²) in [5.74, 6) is -2.60. The molecular weight excluding hydrogens is 398 g/mol. The molecule has 31 heavy (non-hydrogen) atoms. The summed E-state index contributed by atoms with van der Waals surface area (Å²) >= 11 is 0.